The smallest absolute Gasteiger partial charge is 0.221 e. The maximum atomic E-state index is 11.5. The number of rotatable bonds is 4. The average Bonchev–Trinajstić information content (AvgIpc) is 2.18. The minimum Gasteiger partial charge on any atom is -0.328 e. The zero-order valence-corrected chi connectivity index (χ0v) is 8.62. The van der Waals surface area contributed by atoms with E-state index in [0.717, 1.165) is 10.9 Å². The third-order valence-electron chi connectivity index (χ3n) is 1.68. The van der Waals surface area contributed by atoms with Crippen molar-refractivity contribution < 1.29 is 9.09 Å². The molecule has 13 heavy (non-hydrogen) atoms. The van der Waals surface area contributed by atoms with Crippen molar-refractivity contribution in [3.63, 3.8) is 0 Å². The first-order valence-electron chi connectivity index (χ1n) is 4.18. The fourth-order valence-electron chi connectivity index (χ4n) is 1.07. The molecular formula is C10H13O2P. The Kier molecular flexibility index (Phi) is 3.94. The normalized spacial score (nSPS) is 12.4. The van der Waals surface area contributed by atoms with Gasteiger partial charge < -0.3 is 4.52 Å². The average molecular weight is 196 g/mol. The molecule has 1 aromatic carbocycles. The lowest BCUT2D eigenvalue weighted by atomic mass is 10.2. The van der Waals surface area contributed by atoms with Gasteiger partial charge >= 0.3 is 0 Å². The molecule has 0 heterocycles. The second-order valence-electron chi connectivity index (χ2n) is 2.51. The fourth-order valence-corrected chi connectivity index (χ4v) is 2.14. The van der Waals surface area contributed by atoms with Gasteiger partial charge in [0.15, 0.2) is 0 Å². The summed E-state index contributed by atoms with van der Waals surface area (Å²) in [5.41, 5.74) is 0.889. The van der Waals surface area contributed by atoms with E-state index in [1.807, 2.05) is 31.2 Å². The molecule has 0 spiro atoms. The lowest BCUT2D eigenvalue weighted by molar-refractivity contribution is 0.357. The van der Waals surface area contributed by atoms with E-state index < -0.39 is 8.03 Å². The zero-order chi connectivity index (χ0) is 9.68. The van der Waals surface area contributed by atoms with Crippen molar-refractivity contribution >= 4 is 19.4 Å². The minimum atomic E-state index is -2.08. The molecule has 0 radical (unpaired) electrons. The van der Waals surface area contributed by atoms with Gasteiger partial charge in [0.2, 0.25) is 8.03 Å². The predicted molar refractivity (Wildman–Crippen MR) is 56.8 cm³/mol. The molecule has 0 fully saturated rings. The van der Waals surface area contributed by atoms with Crippen molar-refractivity contribution in [3.8, 4) is 0 Å². The summed E-state index contributed by atoms with van der Waals surface area (Å²) in [5.74, 6) is 0. The quantitative estimate of drug-likeness (QED) is 0.691. The van der Waals surface area contributed by atoms with Gasteiger partial charge in [-0.1, -0.05) is 30.9 Å². The summed E-state index contributed by atoms with van der Waals surface area (Å²) in [6.45, 7) is 5.96. The van der Waals surface area contributed by atoms with Crippen LogP contribution in [0.15, 0.2) is 30.8 Å². The van der Waals surface area contributed by atoms with Gasteiger partial charge in [-0.05, 0) is 18.6 Å². The van der Waals surface area contributed by atoms with E-state index in [-0.39, 0.29) is 0 Å². The third kappa shape index (κ3) is 2.55. The van der Waals surface area contributed by atoms with Crippen LogP contribution in [-0.2, 0) is 9.09 Å². The van der Waals surface area contributed by atoms with Crippen LogP contribution in [0.5, 0.6) is 0 Å². The van der Waals surface area contributed by atoms with Crippen molar-refractivity contribution in [1.82, 2.24) is 0 Å². The highest BCUT2D eigenvalue weighted by Crippen LogP contribution is 2.23. The van der Waals surface area contributed by atoms with Gasteiger partial charge in [0.25, 0.3) is 0 Å². The van der Waals surface area contributed by atoms with Gasteiger partial charge in [-0.25, -0.2) is 0 Å². The molecule has 0 N–H and O–H groups in total. The van der Waals surface area contributed by atoms with E-state index in [4.69, 9.17) is 4.52 Å². The van der Waals surface area contributed by atoms with E-state index in [0.29, 0.717) is 6.61 Å². The Hall–Kier alpha value is -0.850. The Balaban J connectivity index is 2.98. The highest BCUT2D eigenvalue weighted by atomic mass is 31.1. The molecule has 2 nitrogen and oxygen atoms in total. The van der Waals surface area contributed by atoms with Crippen molar-refractivity contribution in [1.29, 1.82) is 0 Å². The largest absolute Gasteiger partial charge is 0.328 e. The van der Waals surface area contributed by atoms with Crippen LogP contribution in [0.4, 0.5) is 0 Å². The van der Waals surface area contributed by atoms with Gasteiger partial charge in [0.05, 0.1) is 6.61 Å². The lowest BCUT2D eigenvalue weighted by Gasteiger charge is -2.04. The molecule has 0 bridgehead atoms. The third-order valence-corrected chi connectivity index (χ3v) is 3.12. The molecule has 0 aliphatic rings. The summed E-state index contributed by atoms with van der Waals surface area (Å²) in [6, 6.07) is 7.43. The Morgan fingerprint density at radius 3 is 2.85 bits per heavy atom. The van der Waals surface area contributed by atoms with Gasteiger partial charge in [0, 0.05) is 5.30 Å². The maximum absolute atomic E-state index is 11.5. The summed E-state index contributed by atoms with van der Waals surface area (Å²) in [4.78, 5) is 0. The molecule has 70 valence electrons. The van der Waals surface area contributed by atoms with Gasteiger partial charge in [0.1, 0.15) is 0 Å². The zero-order valence-electron chi connectivity index (χ0n) is 7.62. The number of hydrogen-bond donors (Lipinski definition) is 0. The summed E-state index contributed by atoms with van der Waals surface area (Å²) in [5, 5.41) is 0.754. The summed E-state index contributed by atoms with van der Waals surface area (Å²) >= 11 is 0. The number of hydrogen-bond acceptors (Lipinski definition) is 2. The van der Waals surface area contributed by atoms with E-state index >= 15 is 0 Å². The van der Waals surface area contributed by atoms with Crippen LogP contribution in [0.1, 0.15) is 12.5 Å². The molecule has 0 saturated carbocycles. The molecule has 0 aliphatic heterocycles. The van der Waals surface area contributed by atoms with E-state index in [1.165, 1.54) is 0 Å². The molecule has 1 rings (SSSR count). The molecule has 1 atom stereocenters. The van der Waals surface area contributed by atoms with Crippen LogP contribution < -0.4 is 5.30 Å². The fraction of sp³-hybridized carbons (Fsp3) is 0.200. The van der Waals surface area contributed by atoms with Gasteiger partial charge in [-0.15, -0.1) is 0 Å². The van der Waals surface area contributed by atoms with Crippen LogP contribution >= 0.6 is 8.03 Å². The Labute approximate surface area is 79.1 Å². The first kappa shape index (κ1) is 10.2. The lowest BCUT2D eigenvalue weighted by Crippen LogP contribution is -2.02. The first-order chi connectivity index (χ1) is 6.29. The Morgan fingerprint density at radius 1 is 1.54 bits per heavy atom. The minimum absolute atomic E-state index is 0.475. The van der Waals surface area contributed by atoms with Crippen LogP contribution in [0, 0.1) is 0 Å². The van der Waals surface area contributed by atoms with Crippen LogP contribution in [-0.4, -0.2) is 6.61 Å². The highest BCUT2D eigenvalue weighted by Gasteiger charge is 2.05. The van der Waals surface area contributed by atoms with Crippen LogP contribution in [0.25, 0.3) is 6.08 Å². The monoisotopic (exact) mass is 196 g/mol. The summed E-state index contributed by atoms with van der Waals surface area (Å²) in [7, 11) is -2.08. The number of benzene rings is 1. The van der Waals surface area contributed by atoms with Crippen molar-refractivity contribution in [3.05, 3.63) is 36.4 Å². The van der Waals surface area contributed by atoms with E-state index in [9.17, 15) is 4.57 Å². The Bertz CT molecular complexity index is 320. The summed E-state index contributed by atoms with van der Waals surface area (Å²) in [6.07, 6.45) is 1.69. The molecule has 3 heteroatoms. The van der Waals surface area contributed by atoms with Gasteiger partial charge in [-0.2, -0.15) is 0 Å². The molecule has 0 amide bonds. The van der Waals surface area contributed by atoms with Crippen LogP contribution in [0.2, 0.25) is 0 Å². The standard InChI is InChI=1S/C10H13O2P/c1-3-9-7-5-6-8-10(9)13(11)12-4-2/h3,5-8,13H,1,4H2,2H3. The van der Waals surface area contributed by atoms with Crippen molar-refractivity contribution in [2.45, 2.75) is 6.92 Å². The molecule has 1 unspecified atom stereocenters. The highest BCUT2D eigenvalue weighted by molar-refractivity contribution is 7.48. The molecule has 1 aromatic rings. The predicted octanol–water partition coefficient (Wildman–Crippen LogP) is 2.47. The van der Waals surface area contributed by atoms with Crippen molar-refractivity contribution in [2.75, 3.05) is 6.61 Å². The maximum Gasteiger partial charge on any atom is 0.221 e. The summed E-state index contributed by atoms with van der Waals surface area (Å²) < 4.78 is 16.6. The van der Waals surface area contributed by atoms with Crippen LogP contribution in [0.3, 0.4) is 0 Å². The molecule has 0 saturated heterocycles. The van der Waals surface area contributed by atoms with E-state index in [2.05, 4.69) is 6.58 Å². The SMILES string of the molecule is C=Cc1ccccc1[PH](=O)OCC. The Morgan fingerprint density at radius 2 is 2.23 bits per heavy atom. The van der Waals surface area contributed by atoms with Crippen molar-refractivity contribution in [2.24, 2.45) is 0 Å². The molecular weight excluding hydrogens is 183 g/mol. The first-order valence-corrected chi connectivity index (χ1v) is 5.49. The van der Waals surface area contributed by atoms with Gasteiger partial charge in [-0.3, -0.25) is 4.57 Å². The molecule has 0 aromatic heterocycles. The van der Waals surface area contributed by atoms with E-state index in [1.54, 1.807) is 6.08 Å². The molecule has 0 aliphatic carbocycles. The topological polar surface area (TPSA) is 26.3 Å². The second kappa shape index (κ2) is 5.00. The second-order valence-corrected chi connectivity index (χ2v) is 3.91.